The Balaban J connectivity index is 2.69. The van der Waals surface area contributed by atoms with Gasteiger partial charge in [0.15, 0.2) is 5.82 Å². The van der Waals surface area contributed by atoms with Crippen molar-refractivity contribution in [2.45, 2.75) is 13.8 Å². The Labute approximate surface area is 86.8 Å². The lowest BCUT2D eigenvalue weighted by Gasteiger charge is -1.97. The molecule has 0 saturated heterocycles. The molecule has 0 bridgehead atoms. The van der Waals surface area contributed by atoms with Crippen LogP contribution in [0.2, 0.25) is 0 Å². The van der Waals surface area contributed by atoms with Crippen LogP contribution in [0, 0.1) is 13.8 Å². The molecular formula is C10H12N4O. The molecule has 0 atom stereocenters. The van der Waals surface area contributed by atoms with E-state index in [2.05, 4.69) is 15.1 Å². The smallest absolute Gasteiger partial charge is 0.277 e. The van der Waals surface area contributed by atoms with Gasteiger partial charge in [0.05, 0.1) is 0 Å². The van der Waals surface area contributed by atoms with Crippen LogP contribution in [0.3, 0.4) is 0 Å². The average Bonchev–Trinajstić information content (AvgIpc) is 2.41. The molecule has 0 unspecified atom stereocenters. The summed E-state index contributed by atoms with van der Waals surface area (Å²) in [7, 11) is 1.68. The van der Waals surface area contributed by atoms with Crippen molar-refractivity contribution in [1.82, 2.24) is 19.7 Å². The molecule has 2 heterocycles. The molecule has 1 N–H and O–H groups in total. The molecule has 5 heteroatoms. The zero-order valence-electron chi connectivity index (χ0n) is 8.90. The molecule has 5 nitrogen and oxygen atoms in total. The van der Waals surface area contributed by atoms with Crippen LogP contribution >= 0.6 is 0 Å². The van der Waals surface area contributed by atoms with E-state index in [4.69, 9.17) is 0 Å². The summed E-state index contributed by atoms with van der Waals surface area (Å²) >= 11 is 0. The minimum Gasteiger partial charge on any atom is -0.299 e. The predicted octanol–water partition coefficient (Wildman–Crippen LogP) is 0.787. The van der Waals surface area contributed by atoms with Gasteiger partial charge in [-0.05, 0) is 19.9 Å². The van der Waals surface area contributed by atoms with Crippen LogP contribution in [0.1, 0.15) is 11.4 Å². The average molecular weight is 204 g/mol. The molecule has 78 valence electrons. The largest absolute Gasteiger partial charge is 0.299 e. The van der Waals surface area contributed by atoms with E-state index in [0.29, 0.717) is 11.4 Å². The number of aromatic nitrogens is 4. The number of hydrogen-bond acceptors (Lipinski definition) is 3. The van der Waals surface area contributed by atoms with Crippen molar-refractivity contribution in [3.63, 3.8) is 0 Å². The maximum absolute atomic E-state index is 11.8. The number of nitrogens with one attached hydrogen (secondary N) is 1. The highest BCUT2D eigenvalue weighted by molar-refractivity contribution is 5.56. The molecule has 0 radical (unpaired) electrons. The molecule has 0 aliphatic rings. The summed E-state index contributed by atoms with van der Waals surface area (Å²) in [5.41, 5.74) is 2.08. The lowest BCUT2D eigenvalue weighted by molar-refractivity contribution is 0.731. The Bertz CT molecular complexity index is 553. The summed E-state index contributed by atoms with van der Waals surface area (Å²) in [6.07, 6.45) is 1.66. The van der Waals surface area contributed by atoms with E-state index in [9.17, 15) is 4.79 Å². The molecule has 0 aliphatic carbocycles. The number of H-pyrrole nitrogens is 1. The summed E-state index contributed by atoms with van der Waals surface area (Å²) in [5, 5.41) is 2.92. The lowest BCUT2D eigenvalue weighted by Crippen LogP contribution is -2.14. The van der Waals surface area contributed by atoms with Crippen LogP contribution < -0.4 is 5.56 Å². The van der Waals surface area contributed by atoms with Crippen LogP contribution in [0.15, 0.2) is 17.1 Å². The Kier molecular flexibility index (Phi) is 2.15. The fourth-order valence-electron chi connectivity index (χ4n) is 1.52. The second kappa shape index (κ2) is 3.34. The van der Waals surface area contributed by atoms with Crippen LogP contribution in [0.5, 0.6) is 0 Å². The van der Waals surface area contributed by atoms with E-state index >= 15 is 0 Å². The topological polar surface area (TPSA) is 63.6 Å². The summed E-state index contributed by atoms with van der Waals surface area (Å²) < 4.78 is 1.43. The minimum absolute atomic E-state index is 0.0990. The Morgan fingerprint density at radius 3 is 2.67 bits per heavy atom. The molecular weight excluding hydrogens is 192 g/mol. The molecule has 0 aromatic carbocycles. The van der Waals surface area contributed by atoms with Crippen LogP contribution in [-0.4, -0.2) is 19.7 Å². The van der Waals surface area contributed by atoms with Gasteiger partial charge in [-0.1, -0.05) is 0 Å². The fraction of sp³-hybridized carbons (Fsp3) is 0.300. The first-order chi connectivity index (χ1) is 7.09. The highest BCUT2D eigenvalue weighted by Crippen LogP contribution is 2.12. The van der Waals surface area contributed by atoms with Crippen molar-refractivity contribution in [1.29, 1.82) is 0 Å². The van der Waals surface area contributed by atoms with Gasteiger partial charge in [-0.25, -0.2) is 9.97 Å². The number of rotatable bonds is 1. The maximum atomic E-state index is 11.8. The number of nitrogens with zero attached hydrogens (tertiary/aromatic N) is 3. The molecule has 0 spiro atoms. The van der Waals surface area contributed by atoms with Crippen LogP contribution in [0.4, 0.5) is 0 Å². The Hall–Kier alpha value is -1.91. The third kappa shape index (κ3) is 1.56. The van der Waals surface area contributed by atoms with Gasteiger partial charge in [-0.3, -0.25) is 14.6 Å². The van der Waals surface area contributed by atoms with E-state index in [1.807, 2.05) is 13.8 Å². The SMILES string of the molecule is Cc1ccnc(-c2c(C)[nH]n(C)c2=O)n1. The monoisotopic (exact) mass is 204 g/mol. The van der Waals surface area contributed by atoms with Crippen molar-refractivity contribution < 1.29 is 0 Å². The first-order valence-electron chi connectivity index (χ1n) is 4.65. The number of aryl methyl sites for hydroxylation is 3. The molecule has 2 aromatic heterocycles. The molecule has 2 rings (SSSR count). The second-order valence-corrected chi connectivity index (χ2v) is 3.50. The Morgan fingerprint density at radius 2 is 2.13 bits per heavy atom. The second-order valence-electron chi connectivity index (χ2n) is 3.50. The van der Waals surface area contributed by atoms with Gasteiger partial charge in [0.2, 0.25) is 0 Å². The quantitative estimate of drug-likeness (QED) is 0.746. The van der Waals surface area contributed by atoms with E-state index in [-0.39, 0.29) is 5.56 Å². The van der Waals surface area contributed by atoms with Gasteiger partial charge in [-0.2, -0.15) is 0 Å². The van der Waals surface area contributed by atoms with Crippen molar-refractivity contribution in [3.05, 3.63) is 34.0 Å². The number of hydrogen-bond donors (Lipinski definition) is 1. The van der Waals surface area contributed by atoms with Crippen molar-refractivity contribution in [2.75, 3.05) is 0 Å². The molecule has 0 fully saturated rings. The summed E-state index contributed by atoms with van der Waals surface area (Å²) in [4.78, 5) is 20.1. The van der Waals surface area contributed by atoms with Gasteiger partial charge >= 0.3 is 0 Å². The summed E-state index contributed by atoms with van der Waals surface area (Å²) in [6.45, 7) is 3.71. The first kappa shape index (κ1) is 9.64. The molecule has 15 heavy (non-hydrogen) atoms. The Morgan fingerprint density at radius 1 is 1.40 bits per heavy atom. The fourth-order valence-corrected chi connectivity index (χ4v) is 1.52. The van der Waals surface area contributed by atoms with E-state index < -0.39 is 0 Å². The maximum Gasteiger partial charge on any atom is 0.277 e. The van der Waals surface area contributed by atoms with Crippen LogP contribution in [0.25, 0.3) is 11.4 Å². The normalized spacial score (nSPS) is 10.6. The van der Waals surface area contributed by atoms with Gasteiger partial charge in [-0.15, -0.1) is 0 Å². The highest BCUT2D eigenvalue weighted by Gasteiger charge is 2.13. The number of aromatic amines is 1. The van der Waals surface area contributed by atoms with Gasteiger partial charge < -0.3 is 0 Å². The zero-order chi connectivity index (χ0) is 11.0. The van der Waals surface area contributed by atoms with Crippen molar-refractivity contribution in [3.8, 4) is 11.4 Å². The van der Waals surface area contributed by atoms with Gasteiger partial charge in [0, 0.05) is 24.6 Å². The molecule has 2 aromatic rings. The minimum atomic E-state index is -0.0990. The summed E-state index contributed by atoms with van der Waals surface area (Å²) in [6, 6.07) is 1.80. The third-order valence-electron chi connectivity index (χ3n) is 2.25. The highest BCUT2D eigenvalue weighted by atomic mass is 16.1. The van der Waals surface area contributed by atoms with Gasteiger partial charge in [0.25, 0.3) is 5.56 Å². The first-order valence-corrected chi connectivity index (χ1v) is 4.65. The van der Waals surface area contributed by atoms with Crippen LogP contribution in [-0.2, 0) is 7.05 Å². The molecule has 0 amide bonds. The van der Waals surface area contributed by atoms with Crippen molar-refractivity contribution >= 4 is 0 Å². The van der Waals surface area contributed by atoms with Gasteiger partial charge in [0.1, 0.15) is 5.56 Å². The lowest BCUT2D eigenvalue weighted by atomic mass is 10.2. The van der Waals surface area contributed by atoms with E-state index in [0.717, 1.165) is 11.4 Å². The zero-order valence-corrected chi connectivity index (χ0v) is 8.90. The van der Waals surface area contributed by atoms with E-state index in [1.165, 1.54) is 4.68 Å². The molecule has 0 aliphatic heterocycles. The standard InChI is InChI=1S/C10H12N4O/c1-6-4-5-11-9(12-6)8-7(2)13-14(3)10(8)15/h4-5,13H,1-3H3. The van der Waals surface area contributed by atoms with Crippen molar-refractivity contribution in [2.24, 2.45) is 7.05 Å². The van der Waals surface area contributed by atoms with E-state index in [1.54, 1.807) is 19.3 Å². The summed E-state index contributed by atoms with van der Waals surface area (Å²) in [5.74, 6) is 0.481. The third-order valence-corrected chi connectivity index (χ3v) is 2.25. The predicted molar refractivity (Wildman–Crippen MR) is 56.5 cm³/mol. The molecule has 0 saturated carbocycles.